The monoisotopic (exact) mass is 251 g/mol. The van der Waals surface area contributed by atoms with E-state index in [1.54, 1.807) is 24.5 Å². The van der Waals surface area contributed by atoms with Crippen molar-refractivity contribution in [2.24, 2.45) is 5.73 Å². The molecule has 1 aromatic rings. The van der Waals surface area contributed by atoms with Gasteiger partial charge in [-0.1, -0.05) is 0 Å². The maximum absolute atomic E-state index is 12.1. The van der Waals surface area contributed by atoms with Gasteiger partial charge in [-0.2, -0.15) is 0 Å². The molecule has 0 saturated carbocycles. The third-order valence-electron chi connectivity index (χ3n) is 3.08. The van der Waals surface area contributed by atoms with Gasteiger partial charge in [-0.3, -0.25) is 15.5 Å². The molecule has 98 valence electrons. The number of carbonyl (C=O) groups is 1. The maximum atomic E-state index is 12.1. The fraction of sp³-hybridized carbons (Fsp3) is 0.500. The fourth-order valence-corrected chi connectivity index (χ4v) is 2.12. The maximum Gasteiger partial charge on any atom is 0.272 e. The number of aliphatic hydroxyl groups excluding tert-OH is 1. The minimum Gasteiger partial charge on any atom is -0.374 e. The van der Waals surface area contributed by atoms with Crippen molar-refractivity contribution in [3.05, 3.63) is 30.1 Å². The zero-order valence-corrected chi connectivity index (χ0v) is 9.99. The van der Waals surface area contributed by atoms with Gasteiger partial charge in [-0.25, -0.2) is 0 Å². The van der Waals surface area contributed by atoms with Gasteiger partial charge in [-0.15, -0.1) is 0 Å². The van der Waals surface area contributed by atoms with Crippen LogP contribution in [-0.2, 0) is 11.2 Å². The van der Waals surface area contributed by atoms with Crippen LogP contribution in [0.2, 0.25) is 0 Å². The first-order chi connectivity index (χ1) is 8.50. The smallest absolute Gasteiger partial charge is 0.272 e. The van der Waals surface area contributed by atoms with Crippen LogP contribution in [0, 0.1) is 0 Å². The van der Waals surface area contributed by atoms with Crippen molar-refractivity contribution in [3.63, 3.8) is 0 Å². The molecule has 1 aromatic heterocycles. The molecule has 0 bridgehead atoms. The number of hydrogen-bond donors (Lipinski definition) is 3. The Labute approximate surface area is 105 Å². The molecule has 18 heavy (non-hydrogen) atoms. The summed E-state index contributed by atoms with van der Waals surface area (Å²) in [5, 5.41) is 19.7. The molecule has 1 saturated heterocycles. The zero-order valence-electron chi connectivity index (χ0n) is 9.99. The average molecular weight is 251 g/mol. The summed E-state index contributed by atoms with van der Waals surface area (Å²) in [5.41, 5.74) is 4.39. The molecule has 2 rings (SSSR count). The highest BCUT2D eigenvalue weighted by Gasteiger charge is 2.39. The van der Waals surface area contributed by atoms with Crippen LogP contribution in [0.4, 0.5) is 0 Å². The molecule has 0 aromatic carbocycles. The van der Waals surface area contributed by atoms with Crippen LogP contribution in [0.15, 0.2) is 24.5 Å². The highest BCUT2D eigenvalue weighted by atomic mass is 16.3. The van der Waals surface area contributed by atoms with Crippen molar-refractivity contribution >= 4 is 5.91 Å². The van der Waals surface area contributed by atoms with Crippen molar-refractivity contribution in [3.8, 4) is 0 Å². The number of amides is 1. The molecule has 1 amide bonds. The van der Waals surface area contributed by atoms with E-state index >= 15 is 0 Å². The number of hydrogen-bond acceptors (Lipinski definition) is 5. The van der Waals surface area contributed by atoms with Crippen molar-refractivity contribution in [2.75, 3.05) is 6.54 Å². The van der Waals surface area contributed by atoms with E-state index in [1.807, 2.05) is 0 Å². The Kier molecular flexibility index (Phi) is 3.60. The minimum atomic E-state index is -1.99. The third kappa shape index (κ3) is 2.66. The van der Waals surface area contributed by atoms with Crippen LogP contribution in [0.1, 0.15) is 18.4 Å². The van der Waals surface area contributed by atoms with Crippen molar-refractivity contribution in [1.29, 1.82) is 0 Å². The number of rotatable bonds is 3. The van der Waals surface area contributed by atoms with Gasteiger partial charge in [0.15, 0.2) is 5.72 Å². The van der Waals surface area contributed by atoms with Crippen LogP contribution in [0.25, 0.3) is 0 Å². The average Bonchev–Trinajstić information content (AvgIpc) is 2.75. The Morgan fingerprint density at radius 3 is 2.78 bits per heavy atom. The summed E-state index contributed by atoms with van der Waals surface area (Å²) in [5.74, 6) is -0.635. The van der Waals surface area contributed by atoms with E-state index in [9.17, 15) is 15.0 Å². The minimum absolute atomic E-state index is 0.00241. The molecule has 0 unspecified atom stereocenters. The van der Waals surface area contributed by atoms with Crippen LogP contribution in [0.3, 0.4) is 0 Å². The summed E-state index contributed by atoms with van der Waals surface area (Å²) in [6.07, 6.45) is 3.54. The van der Waals surface area contributed by atoms with E-state index in [0.29, 0.717) is 13.0 Å². The van der Waals surface area contributed by atoms with Gasteiger partial charge < -0.3 is 15.1 Å². The second-order valence-corrected chi connectivity index (χ2v) is 4.58. The highest BCUT2D eigenvalue weighted by molar-refractivity contribution is 5.85. The Morgan fingerprint density at radius 2 is 2.22 bits per heavy atom. The lowest BCUT2D eigenvalue weighted by atomic mass is 10.0. The van der Waals surface area contributed by atoms with E-state index < -0.39 is 17.9 Å². The van der Waals surface area contributed by atoms with Crippen LogP contribution in [-0.4, -0.2) is 44.5 Å². The summed E-state index contributed by atoms with van der Waals surface area (Å²) in [6, 6.07) is 3.37. The normalized spacial score (nSPS) is 22.8. The second-order valence-electron chi connectivity index (χ2n) is 4.58. The van der Waals surface area contributed by atoms with E-state index in [2.05, 4.69) is 4.98 Å². The lowest BCUT2D eigenvalue weighted by molar-refractivity contribution is -0.157. The van der Waals surface area contributed by atoms with Gasteiger partial charge >= 0.3 is 0 Å². The Balaban J connectivity index is 2.08. The van der Waals surface area contributed by atoms with Crippen molar-refractivity contribution in [2.45, 2.75) is 31.2 Å². The number of carbonyl (C=O) groups excluding carboxylic acids is 1. The molecule has 0 spiro atoms. The molecule has 1 aliphatic rings. The number of nitrogens with two attached hydrogens (primary N) is 1. The Morgan fingerprint density at radius 1 is 1.56 bits per heavy atom. The van der Waals surface area contributed by atoms with Crippen LogP contribution in [0.5, 0.6) is 0 Å². The lowest BCUT2D eigenvalue weighted by Crippen LogP contribution is -2.57. The lowest BCUT2D eigenvalue weighted by Gasteiger charge is -2.29. The predicted octanol–water partition coefficient (Wildman–Crippen LogP) is -0.788. The number of aromatic nitrogens is 1. The van der Waals surface area contributed by atoms with Gasteiger partial charge in [0.2, 0.25) is 0 Å². The van der Waals surface area contributed by atoms with Gasteiger partial charge in [-0.05, 0) is 30.5 Å². The van der Waals surface area contributed by atoms with Gasteiger partial charge in [0.05, 0.1) is 0 Å². The second kappa shape index (κ2) is 5.01. The first-order valence-electron chi connectivity index (χ1n) is 5.90. The predicted molar refractivity (Wildman–Crippen MR) is 64.0 cm³/mol. The summed E-state index contributed by atoms with van der Waals surface area (Å²) in [7, 11) is 0. The Bertz CT molecular complexity index is 422. The van der Waals surface area contributed by atoms with E-state index in [4.69, 9.17) is 5.73 Å². The first kappa shape index (κ1) is 12.9. The molecule has 1 aliphatic heterocycles. The highest BCUT2D eigenvalue weighted by Crippen LogP contribution is 2.19. The molecule has 1 fully saturated rings. The van der Waals surface area contributed by atoms with E-state index in [-0.39, 0.29) is 6.42 Å². The number of aliphatic hydroxyl groups is 2. The fourth-order valence-electron chi connectivity index (χ4n) is 2.12. The molecule has 2 heterocycles. The summed E-state index contributed by atoms with van der Waals surface area (Å²) < 4.78 is 0. The number of nitrogens with zero attached hydrogens (tertiary/aromatic N) is 2. The quantitative estimate of drug-likeness (QED) is 0.611. The molecule has 0 radical (unpaired) electrons. The van der Waals surface area contributed by atoms with Gasteiger partial charge in [0.25, 0.3) is 5.91 Å². The zero-order chi connectivity index (χ0) is 13.2. The first-order valence-corrected chi connectivity index (χ1v) is 5.90. The van der Waals surface area contributed by atoms with Crippen LogP contribution >= 0.6 is 0 Å². The number of likely N-dealkylation sites (tertiary alicyclic amines) is 1. The van der Waals surface area contributed by atoms with Gasteiger partial charge in [0.1, 0.15) is 6.23 Å². The molecular formula is C12H17N3O3. The molecule has 6 nitrogen and oxygen atoms in total. The third-order valence-corrected chi connectivity index (χ3v) is 3.08. The van der Waals surface area contributed by atoms with Crippen molar-refractivity contribution in [1.82, 2.24) is 9.88 Å². The molecule has 2 atom stereocenters. The largest absolute Gasteiger partial charge is 0.374 e. The van der Waals surface area contributed by atoms with E-state index in [1.165, 1.54) is 4.90 Å². The topological polar surface area (TPSA) is 99.7 Å². The standard InChI is InChI=1S/C12H17N3O3/c13-12(18,8-9-3-5-14-6-4-9)11(17)15-7-1-2-10(15)16/h3-6,10,16,18H,1-2,7-8,13H2/t10-,12-/m1/s1. The van der Waals surface area contributed by atoms with Gasteiger partial charge in [0, 0.05) is 25.4 Å². The summed E-state index contributed by atoms with van der Waals surface area (Å²) >= 11 is 0. The molecular weight excluding hydrogens is 234 g/mol. The Hall–Kier alpha value is -1.50. The summed E-state index contributed by atoms with van der Waals surface area (Å²) in [6.45, 7) is 0.426. The molecule has 6 heteroatoms. The molecule has 0 aliphatic carbocycles. The SMILES string of the molecule is N[C@@](O)(Cc1ccncc1)C(=O)N1CCC[C@H]1O. The van der Waals surface area contributed by atoms with Crippen LogP contribution < -0.4 is 5.73 Å². The van der Waals surface area contributed by atoms with Crippen molar-refractivity contribution < 1.29 is 15.0 Å². The summed E-state index contributed by atoms with van der Waals surface area (Å²) in [4.78, 5) is 17.1. The van der Waals surface area contributed by atoms with E-state index in [0.717, 1.165) is 12.0 Å². The number of pyridine rings is 1. The molecule has 4 N–H and O–H groups in total.